The molecule has 4 heteroatoms. The van der Waals surface area contributed by atoms with Gasteiger partial charge in [0, 0.05) is 49.6 Å². The fourth-order valence-electron chi connectivity index (χ4n) is 11.9. The van der Waals surface area contributed by atoms with Crippen molar-refractivity contribution in [2.45, 2.75) is 109 Å². The van der Waals surface area contributed by atoms with Gasteiger partial charge in [-0.25, -0.2) is 0 Å². The first kappa shape index (κ1) is 42.8. The van der Waals surface area contributed by atoms with Crippen LogP contribution in [0.2, 0.25) is 0 Å². The lowest BCUT2D eigenvalue weighted by Gasteiger charge is -2.30. The largest absolute Gasteiger partial charge is 0.265 e. The minimum absolute atomic E-state index is 0.838. The first-order valence-electron chi connectivity index (χ1n) is 22.9. The number of aromatic nitrogens is 4. The number of hydrogen-bond donors (Lipinski definition) is 0. The third-order valence-corrected chi connectivity index (χ3v) is 15.5. The van der Waals surface area contributed by atoms with E-state index in [2.05, 4.69) is 152 Å². The Kier molecular flexibility index (Phi) is 11.3. The van der Waals surface area contributed by atoms with Gasteiger partial charge < -0.3 is 0 Å². The Labute approximate surface area is 381 Å². The molecule has 0 fully saturated rings. The number of pyridine rings is 4. The fraction of sp³-hybridized carbons (Fsp3) is 0.267. The van der Waals surface area contributed by atoms with Crippen LogP contribution >= 0.6 is 0 Å². The molecule has 1 aliphatic rings. The highest BCUT2D eigenvalue weighted by Gasteiger charge is 2.28. The van der Waals surface area contributed by atoms with Gasteiger partial charge in [-0.1, -0.05) is 0 Å². The van der Waals surface area contributed by atoms with Crippen molar-refractivity contribution in [1.82, 2.24) is 19.9 Å². The number of nitrogens with zero attached hydrogens (tertiary/aromatic N) is 4. The molecule has 0 atom stereocenters. The van der Waals surface area contributed by atoms with E-state index in [4.69, 9.17) is 0 Å². The molecule has 8 bridgehead atoms. The zero-order valence-electron chi connectivity index (χ0n) is 39.9. The molecule has 0 N–H and O–H groups in total. The van der Waals surface area contributed by atoms with Crippen molar-refractivity contribution in [2.24, 2.45) is 0 Å². The van der Waals surface area contributed by atoms with E-state index in [0.717, 1.165) is 25.7 Å². The molecule has 4 aromatic carbocycles. The summed E-state index contributed by atoms with van der Waals surface area (Å²) in [6.45, 7) is 28.5. The van der Waals surface area contributed by atoms with E-state index in [0.29, 0.717) is 0 Å². The van der Waals surface area contributed by atoms with Crippen LogP contribution < -0.4 is 0 Å². The van der Waals surface area contributed by atoms with Crippen molar-refractivity contribution in [3.63, 3.8) is 0 Å². The summed E-state index contributed by atoms with van der Waals surface area (Å²) >= 11 is 0. The summed E-state index contributed by atoms with van der Waals surface area (Å²) in [5, 5.41) is 0. The van der Waals surface area contributed by atoms with Gasteiger partial charge in [0.05, 0.1) is 0 Å². The normalized spacial score (nSPS) is 12.4. The topological polar surface area (TPSA) is 51.6 Å². The van der Waals surface area contributed by atoms with E-state index in [1.807, 2.05) is 49.6 Å². The fourth-order valence-corrected chi connectivity index (χ4v) is 11.9. The third-order valence-electron chi connectivity index (χ3n) is 15.5. The molecule has 0 saturated heterocycles. The van der Waals surface area contributed by atoms with Gasteiger partial charge >= 0.3 is 0 Å². The minimum Gasteiger partial charge on any atom is -0.265 e. The standard InChI is InChI=1S/C60H60N4/c1-33-49-29-51-34(2)53(41(9)58(39(51)7)46-15-23-62-24-16-46)31-55-36(4)56(44(12)60(43(55)11)48-19-27-64-28-20-48)32-54-35(3)52(40(8)59(42(54)10)47-17-25-63-26-18-47)30-50(33)38(6)57(37(49)5)45-13-21-61-22-14-45/h13-28H,29-32H2,1-12H3. The molecule has 0 unspecified atom stereocenters. The lowest BCUT2D eigenvalue weighted by Crippen LogP contribution is -2.15. The van der Waals surface area contributed by atoms with E-state index >= 15 is 0 Å². The summed E-state index contributed by atoms with van der Waals surface area (Å²) in [4.78, 5) is 17.8. The Morgan fingerprint density at radius 1 is 0.219 bits per heavy atom. The van der Waals surface area contributed by atoms with E-state index in [1.165, 1.54) is 156 Å². The van der Waals surface area contributed by atoms with E-state index in [1.54, 1.807) is 0 Å². The number of rotatable bonds is 4. The molecular weight excluding hydrogens is 777 g/mol. The lowest BCUT2D eigenvalue weighted by molar-refractivity contribution is 0.974. The second kappa shape index (κ2) is 16.9. The highest BCUT2D eigenvalue weighted by Crippen LogP contribution is 2.45. The van der Waals surface area contributed by atoms with Crippen LogP contribution in [-0.4, -0.2) is 19.9 Å². The van der Waals surface area contributed by atoms with Crippen molar-refractivity contribution in [3.8, 4) is 44.5 Å². The van der Waals surface area contributed by atoms with Crippen LogP contribution in [0.3, 0.4) is 0 Å². The van der Waals surface area contributed by atoms with Crippen LogP contribution in [0.1, 0.15) is 111 Å². The number of hydrogen-bond acceptors (Lipinski definition) is 4. The molecule has 320 valence electrons. The SMILES string of the molecule is Cc1c2c(C)c(-c3ccncc3)c(C)c1Cc1c(C)c(c(C)c(-c3ccncc3)c1C)Cc1c(C)c(c(C)c(-c3ccncc3)c1C)Cc1c(C)c(c(C)c(-c3ccncc3)c1C)C2. The van der Waals surface area contributed by atoms with Crippen LogP contribution in [0.4, 0.5) is 0 Å². The molecule has 8 aromatic rings. The van der Waals surface area contributed by atoms with Crippen molar-refractivity contribution >= 4 is 0 Å². The van der Waals surface area contributed by atoms with Gasteiger partial charge in [-0.05, 0) is 313 Å². The molecule has 0 aliphatic heterocycles. The molecule has 64 heavy (non-hydrogen) atoms. The van der Waals surface area contributed by atoms with Gasteiger partial charge in [-0.15, -0.1) is 0 Å². The van der Waals surface area contributed by atoms with Crippen LogP contribution in [-0.2, 0) is 25.7 Å². The molecule has 1 aliphatic carbocycles. The van der Waals surface area contributed by atoms with Crippen LogP contribution in [0.15, 0.2) is 98.1 Å². The Bertz CT molecular complexity index is 2580. The lowest BCUT2D eigenvalue weighted by atomic mass is 9.74. The number of fused-ring (bicyclic) bond motifs is 8. The molecule has 0 amide bonds. The Balaban J connectivity index is 1.45. The molecule has 4 nitrogen and oxygen atoms in total. The van der Waals surface area contributed by atoms with Crippen molar-refractivity contribution in [3.05, 3.63) is 209 Å². The second-order valence-electron chi connectivity index (χ2n) is 18.5. The molecule has 0 saturated carbocycles. The highest BCUT2D eigenvalue weighted by molar-refractivity contribution is 5.81. The van der Waals surface area contributed by atoms with E-state index in [-0.39, 0.29) is 0 Å². The van der Waals surface area contributed by atoms with Gasteiger partial charge in [0.2, 0.25) is 0 Å². The van der Waals surface area contributed by atoms with E-state index in [9.17, 15) is 0 Å². The summed E-state index contributed by atoms with van der Waals surface area (Å²) in [6, 6.07) is 17.5. The molecule has 0 spiro atoms. The van der Waals surface area contributed by atoms with Gasteiger partial charge in [0.25, 0.3) is 0 Å². The van der Waals surface area contributed by atoms with Gasteiger partial charge in [-0.2, -0.15) is 0 Å². The molecule has 9 rings (SSSR count). The first-order chi connectivity index (χ1) is 30.8. The zero-order valence-corrected chi connectivity index (χ0v) is 39.9. The second-order valence-corrected chi connectivity index (χ2v) is 18.5. The number of benzene rings is 4. The Morgan fingerprint density at radius 2 is 0.359 bits per heavy atom. The molecular formula is C60H60N4. The summed E-state index contributed by atoms with van der Waals surface area (Å²) in [5.41, 5.74) is 37.9. The first-order valence-corrected chi connectivity index (χ1v) is 22.9. The monoisotopic (exact) mass is 836 g/mol. The maximum atomic E-state index is 4.46. The third kappa shape index (κ3) is 6.99. The zero-order chi connectivity index (χ0) is 45.1. The van der Waals surface area contributed by atoms with Crippen molar-refractivity contribution < 1.29 is 0 Å². The van der Waals surface area contributed by atoms with Gasteiger partial charge in [-0.3, -0.25) is 19.9 Å². The predicted molar refractivity (Wildman–Crippen MR) is 267 cm³/mol. The Hall–Kier alpha value is -6.52. The maximum absolute atomic E-state index is 4.46. The molecule has 0 radical (unpaired) electrons. The van der Waals surface area contributed by atoms with Gasteiger partial charge in [0.15, 0.2) is 0 Å². The Morgan fingerprint density at radius 3 is 0.500 bits per heavy atom. The van der Waals surface area contributed by atoms with Gasteiger partial charge in [0.1, 0.15) is 0 Å². The molecule has 4 heterocycles. The van der Waals surface area contributed by atoms with Crippen LogP contribution in [0.25, 0.3) is 44.5 Å². The average Bonchev–Trinajstić information content (AvgIpc) is 3.29. The summed E-state index contributed by atoms with van der Waals surface area (Å²) < 4.78 is 0. The predicted octanol–water partition coefficient (Wildman–Crippen LogP) is 14.3. The summed E-state index contributed by atoms with van der Waals surface area (Å²) in [7, 11) is 0. The molecule has 4 aromatic heterocycles. The summed E-state index contributed by atoms with van der Waals surface area (Å²) in [6.07, 6.45) is 18.9. The van der Waals surface area contributed by atoms with E-state index < -0.39 is 0 Å². The highest BCUT2D eigenvalue weighted by atomic mass is 14.6. The quantitative estimate of drug-likeness (QED) is 0.177. The van der Waals surface area contributed by atoms with Crippen molar-refractivity contribution in [2.75, 3.05) is 0 Å². The van der Waals surface area contributed by atoms with Crippen molar-refractivity contribution in [1.29, 1.82) is 0 Å². The maximum Gasteiger partial charge on any atom is 0.0273 e. The summed E-state index contributed by atoms with van der Waals surface area (Å²) in [5.74, 6) is 0. The average molecular weight is 837 g/mol. The van der Waals surface area contributed by atoms with Crippen LogP contribution in [0, 0.1) is 83.1 Å². The van der Waals surface area contributed by atoms with Crippen LogP contribution in [0.5, 0.6) is 0 Å². The minimum atomic E-state index is 0.838. The smallest absolute Gasteiger partial charge is 0.0273 e.